The molecule has 1 aliphatic rings. The Hall–Kier alpha value is -2.83. The second kappa shape index (κ2) is 11.3. The van der Waals surface area contributed by atoms with E-state index in [4.69, 9.17) is 16.0 Å². The van der Waals surface area contributed by atoms with Crippen molar-refractivity contribution in [1.82, 2.24) is 14.9 Å². The molecular formula is C24H28ClF3N4O4S. The molecule has 0 spiro atoms. The molecule has 2 heterocycles. The van der Waals surface area contributed by atoms with Crippen LogP contribution >= 0.6 is 11.6 Å². The molecule has 0 aliphatic carbocycles. The minimum absolute atomic E-state index is 0.000123. The molecule has 3 rings (SSSR count). The smallest absolute Gasteiger partial charge is 0.390 e. The number of hydrogen-bond donors (Lipinski definition) is 2. The second-order valence-electron chi connectivity index (χ2n) is 9.16. The third-order valence-electron chi connectivity index (χ3n) is 5.74. The lowest BCUT2D eigenvalue weighted by atomic mass is 9.96. The van der Waals surface area contributed by atoms with E-state index in [2.05, 4.69) is 22.2 Å². The first-order valence-electron chi connectivity index (χ1n) is 11.3. The van der Waals surface area contributed by atoms with E-state index in [1.54, 1.807) is 38.1 Å². The van der Waals surface area contributed by atoms with Crippen LogP contribution in [0.2, 0.25) is 5.02 Å². The first kappa shape index (κ1) is 28.7. The predicted octanol–water partition coefficient (Wildman–Crippen LogP) is 4.29. The average Bonchev–Trinajstić information content (AvgIpc) is 3.45. The summed E-state index contributed by atoms with van der Waals surface area (Å²) in [6, 6.07) is 7.15. The van der Waals surface area contributed by atoms with Crippen LogP contribution in [0.15, 0.2) is 69.3 Å². The molecule has 202 valence electrons. The second-order valence-corrected chi connectivity index (χ2v) is 11.5. The molecule has 1 atom stereocenters. The van der Waals surface area contributed by atoms with Crippen molar-refractivity contribution in [1.29, 1.82) is 0 Å². The zero-order valence-corrected chi connectivity index (χ0v) is 21.9. The van der Waals surface area contributed by atoms with Crippen molar-refractivity contribution in [2.75, 3.05) is 13.1 Å². The Morgan fingerprint density at radius 2 is 1.95 bits per heavy atom. The number of sulfonamides is 1. The standard InChI is InChI=1S/C24H28ClF3N4O4S/c1-16(21-30-20(23(2,3)31-21)22(33)29-11-10-24(26,27)28)8-12-32(14-17-4-6-18(25)7-5-17)37(34,35)19-9-13-36-15-19/h4-7,9,13,15,20H,1,8,10-12,14H2,2-3H3,(H,29,33)(H,30,31)/t20-/m0/s1. The monoisotopic (exact) mass is 560 g/mol. The maximum atomic E-state index is 13.2. The summed E-state index contributed by atoms with van der Waals surface area (Å²) in [4.78, 5) is 16.9. The van der Waals surface area contributed by atoms with Gasteiger partial charge in [-0.3, -0.25) is 9.79 Å². The molecule has 0 unspecified atom stereocenters. The molecule has 0 radical (unpaired) electrons. The summed E-state index contributed by atoms with van der Waals surface area (Å²) in [5.41, 5.74) is 0.282. The van der Waals surface area contributed by atoms with Gasteiger partial charge in [-0.05, 0) is 49.6 Å². The highest BCUT2D eigenvalue weighted by Crippen LogP contribution is 2.25. The van der Waals surface area contributed by atoms with Gasteiger partial charge in [0.25, 0.3) is 0 Å². The number of amides is 1. The zero-order chi connectivity index (χ0) is 27.4. The molecule has 1 aromatic heterocycles. The van der Waals surface area contributed by atoms with Crippen LogP contribution in [0.1, 0.15) is 32.3 Å². The molecule has 2 N–H and O–H groups in total. The summed E-state index contributed by atoms with van der Waals surface area (Å²) < 4.78 is 70.0. The number of benzene rings is 1. The number of carbonyl (C=O) groups excluding carboxylic acids is 1. The summed E-state index contributed by atoms with van der Waals surface area (Å²) in [6.45, 7) is 6.94. The summed E-state index contributed by atoms with van der Waals surface area (Å²) in [5, 5.41) is 5.87. The van der Waals surface area contributed by atoms with Crippen molar-refractivity contribution in [3.8, 4) is 0 Å². The number of amidine groups is 1. The van der Waals surface area contributed by atoms with Crippen LogP contribution in [0, 0.1) is 0 Å². The lowest BCUT2D eigenvalue weighted by molar-refractivity contribution is -0.136. The van der Waals surface area contributed by atoms with Gasteiger partial charge in [0.1, 0.15) is 17.0 Å². The van der Waals surface area contributed by atoms with Crippen molar-refractivity contribution >= 4 is 33.4 Å². The van der Waals surface area contributed by atoms with Gasteiger partial charge in [0.15, 0.2) is 6.04 Å². The maximum Gasteiger partial charge on any atom is 0.390 e. The first-order chi connectivity index (χ1) is 17.2. The predicted molar refractivity (Wildman–Crippen MR) is 134 cm³/mol. The first-order valence-corrected chi connectivity index (χ1v) is 13.2. The average molecular weight is 561 g/mol. The number of nitrogens with zero attached hydrogens (tertiary/aromatic N) is 2. The molecule has 2 aromatic rings. The Morgan fingerprint density at radius 1 is 1.27 bits per heavy atom. The lowest BCUT2D eigenvalue weighted by Gasteiger charge is -2.26. The van der Waals surface area contributed by atoms with Gasteiger partial charge < -0.3 is 15.1 Å². The number of nitrogens with one attached hydrogen (secondary N) is 2. The van der Waals surface area contributed by atoms with Crippen LogP contribution in [0.5, 0.6) is 0 Å². The van der Waals surface area contributed by atoms with Crippen molar-refractivity contribution in [2.24, 2.45) is 4.99 Å². The molecule has 0 fully saturated rings. The van der Waals surface area contributed by atoms with Gasteiger partial charge in [-0.2, -0.15) is 17.5 Å². The van der Waals surface area contributed by atoms with Crippen LogP contribution in [0.25, 0.3) is 0 Å². The largest absolute Gasteiger partial charge is 0.471 e. The van der Waals surface area contributed by atoms with E-state index >= 15 is 0 Å². The van der Waals surface area contributed by atoms with E-state index in [1.165, 1.54) is 16.6 Å². The van der Waals surface area contributed by atoms with Gasteiger partial charge in [-0.15, -0.1) is 0 Å². The molecule has 0 saturated heterocycles. The van der Waals surface area contributed by atoms with E-state index in [1.807, 2.05) is 0 Å². The highest BCUT2D eigenvalue weighted by molar-refractivity contribution is 7.89. The fraction of sp³-hybridized carbons (Fsp3) is 0.417. The van der Waals surface area contributed by atoms with Crippen LogP contribution < -0.4 is 10.6 Å². The van der Waals surface area contributed by atoms with Gasteiger partial charge in [0.2, 0.25) is 15.9 Å². The van der Waals surface area contributed by atoms with E-state index in [9.17, 15) is 26.4 Å². The third kappa shape index (κ3) is 7.59. The third-order valence-corrected chi connectivity index (χ3v) is 7.81. The normalized spacial score (nSPS) is 17.4. The lowest BCUT2D eigenvalue weighted by Crippen LogP contribution is -2.51. The quantitative estimate of drug-likeness (QED) is 0.427. The Kier molecular flexibility index (Phi) is 8.76. The molecule has 8 nitrogen and oxygen atoms in total. The summed E-state index contributed by atoms with van der Waals surface area (Å²) in [6.07, 6.45) is -2.93. The molecule has 0 saturated carbocycles. The molecule has 1 aromatic carbocycles. The fourth-order valence-corrected chi connectivity index (χ4v) is 5.17. The van der Waals surface area contributed by atoms with E-state index in [-0.39, 0.29) is 24.4 Å². The van der Waals surface area contributed by atoms with Crippen molar-refractivity contribution in [2.45, 2.75) is 55.9 Å². The van der Waals surface area contributed by atoms with E-state index in [0.29, 0.717) is 16.4 Å². The van der Waals surface area contributed by atoms with Gasteiger partial charge in [-0.1, -0.05) is 30.3 Å². The number of rotatable bonds is 11. The fourth-order valence-electron chi connectivity index (χ4n) is 3.69. The molecule has 0 bridgehead atoms. The molecule has 1 amide bonds. The van der Waals surface area contributed by atoms with Crippen LogP contribution in [-0.4, -0.2) is 55.3 Å². The topological polar surface area (TPSA) is 104 Å². The number of hydrogen-bond acceptors (Lipinski definition) is 6. The number of halogens is 4. The number of furan rings is 1. The Morgan fingerprint density at radius 3 is 2.54 bits per heavy atom. The Bertz CT molecular complexity index is 1240. The van der Waals surface area contributed by atoms with E-state index < -0.39 is 46.7 Å². The van der Waals surface area contributed by atoms with Gasteiger partial charge >= 0.3 is 6.18 Å². The van der Waals surface area contributed by atoms with Crippen LogP contribution in [-0.2, 0) is 21.4 Å². The Labute approximate surface area is 218 Å². The maximum absolute atomic E-state index is 13.2. The van der Waals surface area contributed by atoms with E-state index in [0.717, 1.165) is 11.8 Å². The van der Waals surface area contributed by atoms with Crippen molar-refractivity contribution < 1.29 is 30.8 Å². The molecular weight excluding hydrogens is 533 g/mol. The highest BCUT2D eigenvalue weighted by Gasteiger charge is 2.41. The molecule has 13 heteroatoms. The minimum atomic E-state index is -4.38. The number of aliphatic imine (C=N–C) groups is 1. The highest BCUT2D eigenvalue weighted by atomic mass is 35.5. The van der Waals surface area contributed by atoms with Crippen molar-refractivity contribution in [3.63, 3.8) is 0 Å². The summed E-state index contributed by atoms with van der Waals surface area (Å²) in [5.74, 6) is -0.343. The summed E-state index contributed by atoms with van der Waals surface area (Å²) in [7, 11) is -3.91. The van der Waals surface area contributed by atoms with Crippen LogP contribution in [0.3, 0.4) is 0 Å². The number of carbonyl (C=O) groups is 1. The minimum Gasteiger partial charge on any atom is -0.471 e. The molecule has 1 aliphatic heterocycles. The Balaban J connectivity index is 1.71. The SMILES string of the molecule is C=C(CCN(Cc1ccc(Cl)cc1)S(=O)(=O)c1ccoc1)C1=N[C@@H](C(=O)NCCC(F)(F)F)C(C)(C)N1. The van der Waals surface area contributed by atoms with Gasteiger partial charge in [0, 0.05) is 24.7 Å². The molecule has 37 heavy (non-hydrogen) atoms. The summed E-state index contributed by atoms with van der Waals surface area (Å²) >= 11 is 5.95. The van der Waals surface area contributed by atoms with Gasteiger partial charge in [-0.25, -0.2) is 8.42 Å². The zero-order valence-electron chi connectivity index (χ0n) is 20.3. The van der Waals surface area contributed by atoms with Crippen molar-refractivity contribution in [3.05, 3.63) is 65.6 Å². The number of alkyl halides is 3. The van der Waals surface area contributed by atoms with Gasteiger partial charge in [0.05, 0.1) is 18.2 Å². The van der Waals surface area contributed by atoms with Crippen LogP contribution in [0.4, 0.5) is 13.2 Å².